The Morgan fingerprint density at radius 1 is 0.408 bits per heavy atom. The Bertz CT molecular complexity index is 3420. The van der Waals surface area contributed by atoms with Gasteiger partial charge in [-0.15, -0.1) is 0 Å². The summed E-state index contributed by atoms with van der Waals surface area (Å²) < 4.78 is 27.9. The van der Waals surface area contributed by atoms with Gasteiger partial charge in [0.25, 0.3) is 6.71 Å². The lowest BCUT2D eigenvalue weighted by molar-refractivity contribution is 0.332. The molecule has 0 unspecified atom stereocenters. The number of fused-ring (bicyclic) bond motifs is 10. The van der Waals surface area contributed by atoms with Crippen molar-refractivity contribution in [3.63, 3.8) is 0 Å². The fourth-order valence-corrected chi connectivity index (χ4v) is 14.7. The Kier molecular flexibility index (Phi) is 8.83. The molecule has 0 saturated heterocycles. The molecule has 3 heteroatoms. The molecule has 366 valence electrons. The van der Waals surface area contributed by atoms with E-state index in [0.717, 1.165) is 61.3 Å². The van der Waals surface area contributed by atoms with Crippen LogP contribution in [0.4, 0.5) is 34.1 Å². The number of benzene rings is 6. The van der Waals surface area contributed by atoms with E-state index in [9.17, 15) is 4.11 Å². The van der Waals surface area contributed by atoms with E-state index >= 15 is 0 Å². The topological polar surface area (TPSA) is 6.48 Å². The SMILES string of the molecule is [2H]C([2H])([2H])c1cc2c3c(c1)N(c1ccc4c(c1)C(C)(C)c1cc(C(C)(C)C)ccc1-4)c1cc4c(cc1B3c1cc3c(cc1N2c1ccc2c(c1)C(C)(C)CCC2(C)C)C(C)(C)CCC3(C)C)C(C)(C)CCC4(C)C. The minimum Gasteiger partial charge on any atom is -0.311 e. The molecule has 0 radical (unpaired) electrons. The maximum absolute atomic E-state index is 9.31. The van der Waals surface area contributed by atoms with Crippen molar-refractivity contribution in [1.82, 2.24) is 0 Å². The molecule has 4 aliphatic carbocycles. The van der Waals surface area contributed by atoms with Crippen LogP contribution in [-0.2, 0) is 43.3 Å². The zero-order valence-corrected chi connectivity index (χ0v) is 46.4. The summed E-state index contributed by atoms with van der Waals surface area (Å²) in [6.07, 6.45) is 6.70. The molecule has 0 atom stereocenters. The van der Waals surface area contributed by atoms with Gasteiger partial charge in [-0.05, 0) is 215 Å². The molecular weight excluding hydrogens is 856 g/mol. The van der Waals surface area contributed by atoms with E-state index in [0.29, 0.717) is 5.56 Å². The van der Waals surface area contributed by atoms with Gasteiger partial charge in [0, 0.05) is 43.7 Å². The molecule has 6 aliphatic rings. The summed E-state index contributed by atoms with van der Waals surface area (Å²) in [7, 11) is 0. The van der Waals surface area contributed by atoms with Crippen molar-refractivity contribution in [3.05, 3.63) is 147 Å². The van der Waals surface area contributed by atoms with Gasteiger partial charge in [-0.2, -0.15) is 0 Å². The van der Waals surface area contributed by atoms with Crippen LogP contribution in [-0.4, -0.2) is 6.71 Å². The maximum Gasteiger partial charge on any atom is 0.252 e. The summed E-state index contributed by atoms with van der Waals surface area (Å²) in [5, 5.41) is 0. The van der Waals surface area contributed by atoms with Crippen LogP contribution in [0, 0.1) is 6.85 Å². The van der Waals surface area contributed by atoms with Crippen molar-refractivity contribution in [2.24, 2.45) is 0 Å². The van der Waals surface area contributed by atoms with Gasteiger partial charge in [-0.1, -0.05) is 160 Å². The minimum atomic E-state index is -2.36. The van der Waals surface area contributed by atoms with Gasteiger partial charge in [0.15, 0.2) is 0 Å². The zero-order valence-electron chi connectivity index (χ0n) is 49.4. The molecule has 0 aromatic heterocycles. The largest absolute Gasteiger partial charge is 0.311 e. The summed E-state index contributed by atoms with van der Waals surface area (Å²) in [6, 6.07) is 36.1. The summed E-state index contributed by atoms with van der Waals surface area (Å²) in [5.41, 5.74) is 25.5. The van der Waals surface area contributed by atoms with Crippen LogP contribution in [0.1, 0.15) is 216 Å². The van der Waals surface area contributed by atoms with Gasteiger partial charge in [-0.3, -0.25) is 0 Å². The van der Waals surface area contributed by atoms with E-state index in [2.05, 4.69) is 218 Å². The number of aryl methyl sites for hydroxylation is 1. The average molecular weight is 940 g/mol. The van der Waals surface area contributed by atoms with E-state index < -0.39 is 6.85 Å². The third-order valence-corrected chi connectivity index (χ3v) is 19.9. The molecule has 0 bridgehead atoms. The van der Waals surface area contributed by atoms with Gasteiger partial charge in [0.2, 0.25) is 0 Å². The first kappa shape index (κ1) is 43.6. The Morgan fingerprint density at radius 2 is 0.789 bits per heavy atom. The highest BCUT2D eigenvalue weighted by Gasteiger charge is 2.49. The smallest absolute Gasteiger partial charge is 0.252 e. The second kappa shape index (κ2) is 14.4. The molecule has 0 fully saturated rings. The Morgan fingerprint density at radius 3 is 1.24 bits per heavy atom. The summed E-state index contributed by atoms with van der Waals surface area (Å²) in [5.74, 6) is 0. The molecule has 2 aliphatic heterocycles. The van der Waals surface area contributed by atoms with Crippen molar-refractivity contribution >= 4 is 57.2 Å². The van der Waals surface area contributed by atoms with Gasteiger partial charge >= 0.3 is 0 Å². The normalized spacial score (nSPS) is 22.3. The average Bonchev–Trinajstić information content (AvgIpc) is 3.54. The Labute approximate surface area is 433 Å². The molecule has 2 heterocycles. The van der Waals surface area contributed by atoms with Crippen molar-refractivity contribution in [1.29, 1.82) is 0 Å². The molecular formula is C68H81BN2. The zero-order chi connectivity index (χ0) is 53.2. The summed E-state index contributed by atoms with van der Waals surface area (Å²) in [4.78, 5) is 5.02. The fraction of sp³-hybridized carbons (Fsp3) is 0.471. The number of hydrogen-bond acceptors (Lipinski definition) is 2. The number of nitrogens with zero attached hydrogens (tertiary/aromatic N) is 2. The Balaban J connectivity index is 1.21. The molecule has 6 aromatic carbocycles. The van der Waals surface area contributed by atoms with Gasteiger partial charge in [0.1, 0.15) is 0 Å². The maximum atomic E-state index is 9.31. The molecule has 71 heavy (non-hydrogen) atoms. The second-order valence-corrected chi connectivity index (χ2v) is 28.8. The second-order valence-electron chi connectivity index (χ2n) is 28.8. The van der Waals surface area contributed by atoms with Crippen molar-refractivity contribution in [2.75, 3.05) is 9.80 Å². The monoisotopic (exact) mass is 940 g/mol. The van der Waals surface area contributed by atoms with Crippen LogP contribution in [0.15, 0.2) is 91.0 Å². The fourth-order valence-electron chi connectivity index (χ4n) is 14.7. The highest BCUT2D eigenvalue weighted by Crippen LogP contribution is 2.56. The highest BCUT2D eigenvalue weighted by molar-refractivity contribution is 7.00. The predicted octanol–water partition coefficient (Wildman–Crippen LogP) is 16.7. The molecule has 0 spiro atoms. The summed E-state index contributed by atoms with van der Waals surface area (Å²) in [6.45, 7) is 38.4. The molecule has 0 amide bonds. The highest BCUT2D eigenvalue weighted by atomic mass is 15.2. The lowest BCUT2D eigenvalue weighted by Crippen LogP contribution is -2.62. The van der Waals surface area contributed by atoms with Crippen LogP contribution in [0.3, 0.4) is 0 Å². The lowest BCUT2D eigenvalue weighted by atomic mass is 9.32. The Hall–Kier alpha value is -5.02. The van der Waals surface area contributed by atoms with E-state index in [1.54, 1.807) is 0 Å². The quantitative estimate of drug-likeness (QED) is 0.159. The van der Waals surface area contributed by atoms with Crippen molar-refractivity contribution < 1.29 is 4.11 Å². The van der Waals surface area contributed by atoms with Crippen LogP contribution < -0.4 is 26.2 Å². The van der Waals surface area contributed by atoms with E-state index in [-0.39, 0.29) is 50.0 Å². The van der Waals surface area contributed by atoms with E-state index in [4.69, 9.17) is 0 Å². The molecule has 0 N–H and O–H groups in total. The van der Waals surface area contributed by atoms with E-state index in [1.807, 2.05) is 0 Å². The van der Waals surface area contributed by atoms with Crippen molar-refractivity contribution in [2.45, 2.75) is 206 Å². The molecule has 6 aromatic rings. The standard InChI is InChI=1S/C68H81BN2/c1-40-31-58-60-59(32-40)71(43-21-24-46-49(35-43)63(7,8)26-25-62(46,5)6)57-39-53-51(65(11,12)28-30-67(53,15)16)37-55(57)69(60)54-36-50-52(66(13,14)29-27-64(50,9)10)38-56(54)70(58)42-20-23-45-44-22-19-41(61(2,3)4)33-47(44)68(17,18)48(45)34-42/h19-24,31-39H,25-30H2,1-18H3/i1D3. The molecule has 0 saturated carbocycles. The predicted molar refractivity (Wildman–Crippen MR) is 307 cm³/mol. The first-order chi connectivity index (χ1) is 34.1. The molecule has 12 rings (SSSR count). The molecule has 2 nitrogen and oxygen atoms in total. The summed E-state index contributed by atoms with van der Waals surface area (Å²) >= 11 is 0. The number of rotatable bonds is 2. The minimum absolute atomic E-state index is 0.0193. The van der Waals surface area contributed by atoms with Gasteiger partial charge < -0.3 is 9.80 Å². The number of anilines is 6. The third kappa shape index (κ3) is 6.64. The first-order valence-corrected chi connectivity index (χ1v) is 27.3. The van der Waals surface area contributed by atoms with Gasteiger partial charge in [-0.25, -0.2) is 0 Å². The number of hydrogen-bond donors (Lipinski definition) is 0. The van der Waals surface area contributed by atoms with Crippen LogP contribution >= 0.6 is 0 Å². The van der Waals surface area contributed by atoms with Crippen LogP contribution in [0.2, 0.25) is 0 Å². The van der Waals surface area contributed by atoms with Crippen LogP contribution in [0.5, 0.6) is 0 Å². The third-order valence-electron chi connectivity index (χ3n) is 19.9. The van der Waals surface area contributed by atoms with Crippen molar-refractivity contribution in [3.8, 4) is 11.1 Å². The first-order valence-electron chi connectivity index (χ1n) is 28.8. The van der Waals surface area contributed by atoms with Crippen LogP contribution in [0.25, 0.3) is 11.1 Å². The lowest BCUT2D eigenvalue weighted by Gasteiger charge is -2.49. The van der Waals surface area contributed by atoms with Gasteiger partial charge in [0.05, 0.1) is 0 Å². The van der Waals surface area contributed by atoms with E-state index in [1.165, 1.54) is 89.0 Å².